The Balaban J connectivity index is 1.71. The van der Waals surface area contributed by atoms with E-state index in [-0.39, 0.29) is 0 Å². The predicted octanol–water partition coefficient (Wildman–Crippen LogP) is 3.15. The van der Waals surface area contributed by atoms with E-state index >= 15 is 0 Å². The Morgan fingerprint density at radius 3 is 2.32 bits per heavy atom. The van der Waals surface area contributed by atoms with E-state index in [2.05, 4.69) is 36.6 Å². The number of pyridine rings is 1. The number of hydrogen-bond acceptors (Lipinski definition) is 7. The monoisotopic (exact) mass is 329 g/mol. The molecular formula is C18H15N7. The number of hydrogen-bond donors (Lipinski definition) is 2. The molecule has 1 aliphatic carbocycles. The smallest absolute Gasteiger partial charge is 0.232 e. The van der Waals surface area contributed by atoms with Gasteiger partial charge in [-0.3, -0.25) is 4.98 Å². The van der Waals surface area contributed by atoms with Crippen LogP contribution in [0.25, 0.3) is 11.4 Å². The van der Waals surface area contributed by atoms with Crippen LogP contribution in [0.3, 0.4) is 0 Å². The molecule has 25 heavy (non-hydrogen) atoms. The van der Waals surface area contributed by atoms with Crippen LogP contribution in [0.5, 0.6) is 0 Å². The van der Waals surface area contributed by atoms with Gasteiger partial charge in [0.15, 0.2) is 5.82 Å². The van der Waals surface area contributed by atoms with Crippen molar-refractivity contribution in [1.29, 1.82) is 5.26 Å². The molecule has 122 valence electrons. The van der Waals surface area contributed by atoms with Gasteiger partial charge in [0.2, 0.25) is 11.9 Å². The highest BCUT2D eigenvalue weighted by Crippen LogP contribution is 2.37. The third-order valence-corrected chi connectivity index (χ3v) is 3.92. The van der Waals surface area contributed by atoms with Crippen molar-refractivity contribution in [3.63, 3.8) is 0 Å². The van der Waals surface area contributed by atoms with Crippen LogP contribution >= 0.6 is 0 Å². The van der Waals surface area contributed by atoms with Crippen LogP contribution in [0, 0.1) is 11.3 Å². The Hall–Kier alpha value is -3.53. The zero-order valence-corrected chi connectivity index (χ0v) is 13.3. The molecule has 0 aliphatic heterocycles. The SMILES string of the molecule is N#CC1(Nc2nc(Nc3ccncc3)nc(-c3ccccc3)n2)CC1. The van der Waals surface area contributed by atoms with E-state index in [0.29, 0.717) is 17.7 Å². The summed E-state index contributed by atoms with van der Waals surface area (Å²) in [5.74, 6) is 1.35. The van der Waals surface area contributed by atoms with E-state index in [1.807, 2.05) is 42.5 Å². The molecule has 3 aromatic rings. The highest BCUT2D eigenvalue weighted by atomic mass is 15.2. The zero-order chi connectivity index (χ0) is 17.1. The van der Waals surface area contributed by atoms with Gasteiger partial charge in [-0.05, 0) is 25.0 Å². The number of benzene rings is 1. The van der Waals surface area contributed by atoms with Crippen molar-refractivity contribution >= 4 is 17.6 Å². The minimum absolute atomic E-state index is 0.393. The van der Waals surface area contributed by atoms with Gasteiger partial charge in [-0.2, -0.15) is 20.2 Å². The number of rotatable bonds is 5. The second kappa shape index (κ2) is 6.17. The van der Waals surface area contributed by atoms with E-state index < -0.39 is 5.54 Å². The number of nitrogens with zero attached hydrogens (tertiary/aromatic N) is 5. The average Bonchev–Trinajstić information content (AvgIpc) is 3.43. The van der Waals surface area contributed by atoms with E-state index in [1.165, 1.54) is 0 Å². The lowest BCUT2D eigenvalue weighted by atomic mass is 10.2. The van der Waals surface area contributed by atoms with Crippen molar-refractivity contribution < 1.29 is 0 Å². The van der Waals surface area contributed by atoms with E-state index in [1.54, 1.807) is 12.4 Å². The Morgan fingerprint density at radius 2 is 1.64 bits per heavy atom. The van der Waals surface area contributed by atoms with Crippen molar-refractivity contribution in [1.82, 2.24) is 19.9 Å². The van der Waals surface area contributed by atoms with Crippen LogP contribution in [0.4, 0.5) is 17.6 Å². The topological polar surface area (TPSA) is 99.4 Å². The lowest BCUT2D eigenvalue weighted by Gasteiger charge is -2.12. The normalized spacial score (nSPS) is 14.4. The summed E-state index contributed by atoms with van der Waals surface area (Å²) >= 11 is 0. The molecule has 1 saturated carbocycles. The quantitative estimate of drug-likeness (QED) is 0.741. The Bertz CT molecular complexity index is 915. The van der Waals surface area contributed by atoms with Crippen LogP contribution in [-0.4, -0.2) is 25.5 Å². The first-order valence-electron chi connectivity index (χ1n) is 7.94. The van der Waals surface area contributed by atoms with Crippen LogP contribution in [0.1, 0.15) is 12.8 Å². The largest absolute Gasteiger partial charge is 0.336 e. The molecule has 7 nitrogen and oxygen atoms in total. The maximum Gasteiger partial charge on any atom is 0.232 e. The zero-order valence-electron chi connectivity index (χ0n) is 13.3. The molecule has 1 fully saturated rings. The third kappa shape index (κ3) is 3.38. The first-order valence-corrected chi connectivity index (χ1v) is 7.94. The summed E-state index contributed by atoms with van der Waals surface area (Å²) in [6, 6.07) is 15.6. The highest BCUT2D eigenvalue weighted by molar-refractivity contribution is 5.61. The highest BCUT2D eigenvalue weighted by Gasteiger charge is 2.44. The van der Waals surface area contributed by atoms with Crippen LogP contribution in [-0.2, 0) is 0 Å². The molecule has 0 spiro atoms. The number of anilines is 3. The molecule has 2 aromatic heterocycles. The van der Waals surface area contributed by atoms with Crippen LogP contribution in [0.15, 0.2) is 54.9 Å². The fourth-order valence-corrected chi connectivity index (χ4v) is 2.37. The van der Waals surface area contributed by atoms with Crippen molar-refractivity contribution in [3.8, 4) is 17.5 Å². The molecule has 4 rings (SSSR count). The lowest BCUT2D eigenvalue weighted by molar-refractivity contribution is 0.903. The van der Waals surface area contributed by atoms with Gasteiger partial charge in [-0.15, -0.1) is 0 Å². The summed E-state index contributed by atoms with van der Waals surface area (Å²) in [7, 11) is 0. The number of nitrogens with one attached hydrogen (secondary N) is 2. The Morgan fingerprint density at radius 1 is 0.920 bits per heavy atom. The molecule has 1 aliphatic rings. The second-order valence-electron chi connectivity index (χ2n) is 5.85. The van der Waals surface area contributed by atoms with Gasteiger partial charge >= 0.3 is 0 Å². The van der Waals surface area contributed by atoms with E-state index in [9.17, 15) is 5.26 Å². The maximum absolute atomic E-state index is 9.30. The first kappa shape index (κ1) is 15.0. The molecule has 7 heteroatoms. The van der Waals surface area contributed by atoms with Crippen molar-refractivity contribution in [2.75, 3.05) is 10.6 Å². The first-order chi connectivity index (χ1) is 12.3. The van der Waals surface area contributed by atoms with Gasteiger partial charge in [-0.1, -0.05) is 30.3 Å². The summed E-state index contributed by atoms with van der Waals surface area (Å²) in [5.41, 5.74) is 1.16. The predicted molar refractivity (Wildman–Crippen MR) is 94.0 cm³/mol. The fraction of sp³-hybridized carbons (Fsp3) is 0.167. The average molecular weight is 329 g/mol. The molecule has 0 atom stereocenters. The van der Waals surface area contributed by atoms with Crippen LogP contribution < -0.4 is 10.6 Å². The van der Waals surface area contributed by atoms with E-state index in [0.717, 1.165) is 24.1 Å². The summed E-state index contributed by atoms with van der Waals surface area (Å²) in [4.78, 5) is 17.4. The molecule has 2 heterocycles. The Labute approximate surface area is 144 Å². The van der Waals surface area contributed by atoms with Gasteiger partial charge < -0.3 is 10.6 Å². The summed E-state index contributed by atoms with van der Waals surface area (Å²) < 4.78 is 0. The van der Waals surface area contributed by atoms with Crippen molar-refractivity contribution in [2.45, 2.75) is 18.4 Å². The maximum atomic E-state index is 9.30. The van der Waals surface area contributed by atoms with Crippen molar-refractivity contribution in [2.24, 2.45) is 0 Å². The van der Waals surface area contributed by atoms with E-state index in [4.69, 9.17) is 0 Å². The molecular weight excluding hydrogens is 314 g/mol. The molecule has 0 unspecified atom stereocenters. The molecule has 1 aromatic carbocycles. The second-order valence-corrected chi connectivity index (χ2v) is 5.85. The third-order valence-electron chi connectivity index (χ3n) is 3.92. The molecule has 0 amide bonds. The molecule has 2 N–H and O–H groups in total. The minimum atomic E-state index is -0.552. The summed E-state index contributed by atoms with van der Waals surface area (Å²) in [5, 5.41) is 15.6. The molecule has 0 saturated heterocycles. The van der Waals surface area contributed by atoms with Gasteiger partial charge in [0.1, 0.15) is 5.54 Å². The van der Waals surface area contributed by atoms with Crippen LogP contribution in [0.2, 0.25) is 0 Å². The Kier molecular flexibility index (Phi) is 3.71. The lowest BCUT2D eigenvalue weighted by Crippen LogP contribution is -2.21. The molecule has 0 bridgehead atoms. The van der Waals surface area contributed by atoms with Gasteiger partial charge in [-0.25, -0.2) is 0 Å². The summed E-state index contributed by atoms with van der Waals surface area (Å²) in [6.45, 7) is 0. The minimum Gasteiger partial charge on any atom is -0.336 e. The van der Waals surface area contributed by atoms with Gasteiger partial charge in [0.25, 0.3) is 0 Å². The van der Waals surface area contributed by atoms with Gasteiger partial charge in [0.05, 0.1) is 6.07 Å². The number of aromatic nitrogens is 4. The number of nitriles is 1. The molecule has 0 radical (unpaired) electrons. The summed E-state index contributed by atoms with van der Waals surface area (Å²) in [6.07, 6.45) is 4.97. The van der Waals surface area contributed by atoms with Gasteiger partial charge in [0, 0.05) is 23.6 Å². The standard InChI is InChI=1S/C18H15N7/c19-12-18(8-9-18)25-17-23-15(13-4-2-1-3-5-13)22-16(24-17)21-14-6-10-20-11-7-14/h1-7,10-11H,8-9H2,(H2,20,21,22,23,24,25). The fourth-order valence-electron chi connectivity index (χ4n) is 2.37. The van der Waals surface area contributed by atoms with Crippen molar-refractivity contribution in [3.05, 3.63) is 54.9 Å².